The maximum absolute atomic E-state index is 10.6. The van der Waals surface area contributed by atoms with Gasteiger partial charge in [-0.05, 0) is 31.0 Å². The van der Waals surface area contributed by atoms with Crippen LogP contribution in [0.15, 0.2) is 29.3 Å². The van der Waals surface area contributed by atoms with Gasteiger partial charge in [-0.3, -0.25) is 0 Å². The molecule has 3 nitrogen and oxygen atoms in total. The summed E-state index contributed by atoms with van der Waals surface area (Å²) in [4.78, 5) is 16.9. The first-order valence-electron chi connectivity index (χ1n) is 6.12. The number of rotatable bonds is 3. The summed E-state index contributed by atoms with van der Waals surface area (Å²) in [6.07, 6.45) is 3.72. The summed E-state index contributed by atoms with van der Waals surface area (Å²) in [5, 5.41) is 0. The van der Waals surface area contributed by atoms with Crippen LogP contribution in [-0.2, 0) is 10.3 Å². The van der Waals surface area contributed by atoms with Crippen molar-refractivity contribution in [3.63, 3.8) is 0 Å². The molecule has 1 heterocycles. The van der Waals surface area contributed by atoms with E-state index < -0.39 is 0 Å². The normalized spacial score (nSPS) is 22.6. The molecule has 88 valence electrons. The molecule has 0 N–H and O–H groups in total. The van der Waals surface area contributed by atoms with Crippen LogP contribution in [-0.4, -0.2) is 31.1 Å². The minimum absolute atomic E-state index is 0.230. The zero-order chi connectivity index (χ0) is 11.9. The van der Waals surface area contributed by atoms with Gasteiger partial charge in [-0.25, -0.2) is 4.79 Å². The van der Waals surface area contributed by atoms with Gasteiger partial charge in [0.1, 0.15) is 0 Å². The van der Waals surface area contributed by atoms with E-state index >= 15 is 0 Å². The van der Waals surface area contributed by atoms with Crippen LogP contribution in [0.2, 0.25) is 0 Å². The smallest absolute Gasteiger partial charge is 0.235 e. The van der Waals surface area contributed by atoms with Crippen LogP contribution < -0.4 is 0 Å². The van der Waals surface area contributed by atoms with Gasteiger partial charge in [-0.2, -0.15) is 4.99 Å². The van der Waals surface area contributed by atoms with Crippen molar-refractivity contribution in [2.45, 2.75) is 24.3 Å². The van der Waals surface area contributed by atoms with Gasteiger partial charge >= 0.3 is 0 Å². The molecule has 0 spiro atoms. The van der Waals surface area contributed by atoms with Crippen LogP contribution in [0, 0.1) is 0 Å². The van der Waals surface area contributed by atoms with Crippen molar-refractivity contribution in [2.24, 2.45) is 4.99 Å². The van der Waals surface area contributed by atoms with Gasteiger partial charge in [0.15, 0.2) is 0 Å². The maximum atomic E-state index is 10.6. The molecule has 1 saturated carbocycles. The Balaban J connectivity index is 1.97. The molecule has 0 aromatic heterocycles. The van der Waals surface area contributed by atoms with Crippen LogP contribution in [0.5, 0.6) is 0 Å². The van der Waals surface area contributed by atoms with Gasteiger partial charge in [0.05, 0.1) is 5.54 Å². The van der Waals surface area contributed by atoms with Gasteiger partial charge in [0.25, 0.3) is 0 Å². The highest BCUT2D eigenvalue weighted by Crippen LogP contribution is 2.51. The average molecular weight is 228 g/mol. The van der Waals surface area contributed by atoms with Crippen LogP contribution in [0.4, 0.5) is 0 Å². The number of carbonyl (C=O) groups excluding carboxylic acids is 1. The Labute approximate surface area is 101 Å². The Bertz CT molecular complexity index is 481. The van der Waals surface area contributed by atoms with E-state index in [1.54, 1.807) is 6.08 Å². The van der Waals surface area contributed by atoms with E-state index in [-0.39, 0.29) is 5.54 Å². The van der Waals surface area contributed by atoms with Crippen LogP contribution in [0.3, 0.4) is 0 Å². The second-order valence-corrected chi connectivity index (χ2v) is 5.24. The Hall–Kier alpha value is -1.44. The molecular weight excluding hydrogens is 212 g/mol. The Morgan fingerprint density at radius 1 is 1.35 bits per heavy atom. The van der Waals surface area contributed by atoms with Crippen molar-refractivity contribution < 1.29 is 4.79 Å². The van der Waals surface area contributed by atoms with Crippen molar-refractivity contribution >= 4 is 6.08 Å². The molecule has 1 aliphatic carbocycles. The minimum Gasteiger partial charge on any atom is -0.305 e. The van der Waals surface area contributed by atoms with E-state index in [1.165, 1.54) is 11.1 Å². The largest absolute Gasteiger partial charge is 0.305 e. The highest BCUT2D eigenvalue weighted by molar-refractivity contribution is 5.46. The maximum Gasteiger partial charge on any atom is 0.235 e. The summed E-state index contributed by atoms with van der Waals surface area (Å²) in [6, 6.07) is 8.44. The van der Waals surface area contributed by atoms with Gasteiger partial charge in [-0.1, -0.05) is 24.3 Å². The predicted molar refractivity (Wildman–Crippen MR) is 65.7 cm³/mol. The van der Waals surface area contributed by atoms with Crippen molar-refractivity contribution in [3.8, 4) is 0 Å². The van der Waals surface area contributed by atoms with Crippen molar-refractivity contribution in [3.05, 3.63) is 35.4 Å². The number of hydrogen-bond donors (Lipinski definition) is 0. The number of likely N-dealkylation sites (tertiary alicyclic amines) is 1. The number of benzene rings is 1. The Kier molecular flexibility index (Phi) is 2.39. The molecule has 1 saturated heterocycles. The average Bonchev–Trinajstić information content (AvgIpc) is 3.07. The first-order chi connectivity index (χ1) is 8.25. The number of aliphatic imine (C=N–C) groups is 1. The highest BCUT2D eigenvalue weighted by Gasteiger charge is 2.47. The molecule has 17 heavy (non-hydrogen) atoms. The fraction of sp³-hybridized carbons (Fsp3) is 0.500. The first kappa shape index (κ1) is 10.7. The van der Waals surface area contributed by atoms with E-state index in [4.69, 9.17) is 0 Å². The minimum atomic E-state index is -0.230. The second-order valence-electron chi connectivity index (χ2n) is 5.24. The van der Waals surface area contributed by atoms with Crippen LogP contribution in [0.25, 0.3) is 0 Å². The predicted octanol–water partition coefficient (Wildman–Crippen LogP) is 2.04. The molecule has 3 heteroatoms. The van der Waals surface area contributed by atoms with Gasteiger partial charge in [0, 0.05) is 19.0 Å². The molecule has 0 unspecified atom stereocenters. The molecule has 1 aromatic carbocycles. The van der Waals surface area contributed by atoms with Crippen molar-refractivity contribution in [1.82, 2.24) is 4.90 Å². The Morgan fingerprint density at radius 2 is 2.06 bits per heavy atom. The van der Waals surface area contributed by atoms with Crippen molar-refractivity contribution in [1.29, 1.82) is 0 Å². The number of likely N-dealkylation sites (N-methyl/N-ethyl adjacent to an activating group) is 1. The summed E-state index contributed by atoms with van der Waals surface area (Å²) in [6.45, 7) is 2.22. The van der Waals surface area contributed by atoms with Crippen molar-refractivity contribution in [2.75, 3.05) is 20.1 Å². The van der Waals surface area contributed by atoms with E-state index in [1.807, 2.05) is 6.07 Å². The summed E-state index contributed by atoms with van der Waals surface area (Å²) < 4.78 is 0. The third kappa shape index (κ3) is 1.72. The molecule has 0 radical (unpaired) electrons. The van der Waals surface area contributed by atoms with Gasteiger partial charge in [0.2, 0.25) is 6.08 Å². The van der Waals surface area contributed by atoms with E-state index in [9.17, 15) is 4.79 Å². The molecule has 1 aliphatic heterocycles. The molecule has 2 aliphatic rings. The summed E-state index contributed by atoms with van der Waals surface area (Å²) in [5.41, 5.74) is 2.40. The third-order valence-corrected chi connectivity index (χ3v) is 3.95. The lowest BCUT2D eigenvalue weighted by Gasteiger charge is -2.38. The summed E-state index contributed by atoms with van der Waals surface area (Å²) in [5.74, 6) is 0.607. The molecule has 2 fully saturated rings. The third-order valence-electron chi connectivity index (χ3n) is 3.95. The zero-order valence-corrected chi connectivity index (χ0v) is 10.0. The monoisotopic (exact) mass is 228 g/mol. The topological polar surface area (TPSA) is 32.7 Å². The fourth-order valence-corrected chi connectivity index (χ4v) is 2.82. The lowest BCUT2D eigenvalue weighted by molar-refractivity contribution is 0.188. The number of isocyanates is 1. The van der Waals surface area contributed by atoms with Crippen LogP contribution in [0.1, 0.15) is 29.9 Å². The van der Waals surface area contributed by atoms with Gasteiger partial charge in [-0.15, -0.1) is 0 Å². The number of nitrogens with zero attached hydrogens (tertiary/aromatic N) is 2. The molecule has 0 bridgehead atoms. The first-order valence-corrected chi connectivity index (χ1v) is 6.12. The second kappa shape index (κ2) is 3.80. The highest BCUT2D eigenvalue weighted by atomic mass is 16.1. The van der Waals surface area contributed by atoms with E-state index in [0.717, 1.165) is 25.9 Å². The molecular formula is C14H16N2O. The quantitative estimate of drug-likeness (QED) is 0.586. The van der Waals surface area contributed by atoms with Crippen LogP contribution >= 0.6 is 0 Å². The van der Waals surface area contributed by atoms with Gasteiger partial charge < -0.3 is 4.90 Å². The standard InChI is InChI=1S/C14H16N2O/c1-16-8-11(9-16)12-4-2-3-5-13(12)14(6-7-14)15-10-17/h2-5,11H,6-9H2,1H3. The molecule has 0 atom stereocenters. The molecule has 1 aromatic rings. The lowest BCUT2D eigenvalue weighted by atomic mass is 9.85. The lowest BCUT2D eigenvalue weighted by Crippen LogP contribution is -2.42. The summed E-state index contributed by atoms with van der Waals surface area (Å²) in [7, 11) is 2.13. The summed E-state index contributed by atoms with van der Waals surface area (Å²) >= 11 is 0. The van der Waals surface area contributed by atoms with E-state index in [0.29, 0.717) is 5.92 Å². The van der Waals surface area contributed by atoms with E-state index in [2.05, 4.69) is 35.1 Å². The number of hydrogen-bond acceptors (Lipinski definition) is 3. The Morgan fingerprint density at radius 3 is 2.65 bits per heavy atom. The SMILES string of the molecule is CN1CC(c2ccccc2C2(N=C=O)CC2)C1. The zero-order valence-electron chi connectivity index (χ0n) is 10.0. The fourth-order valence-electron chi connectivity index (χ4n) is 2.82. The molecule has 3 rings (SSSR count). The molecule has 0 amide bonds.